The number of nitrogens with zero attached hydrogens (tertiary/aromatic N) is 2. The van der Waals surface area contributed by atoms with Crippen LogP contribution in [0.4, 0.5) is 0 Å². The van der Waals surface area contributed by atoms with Crippen molar-refractivity contribution in [1.82, 2.24) is 0 Å². The Balaban J connectivity index is 1.40. The van der Waals surface area contributed by atoms with Crippen LogP contribution in [0.1, 0.15) is 32.6 Å². The second kappa shape index (κ2) is 13.5. The van der Waals surface area contributed by atoms with Gasteiger partial charge in [-0.3, -0.25) is 4.79 Å². The highest BCUT2D eigenvalue weighted by atomic mass is 16.5. The lowest BCUT2D eigenvalue weighted by atomic mass is 10.0. The number of carbonyl (C=O) groups is 1. The molecule has 0 heterocycles. The summed E-state index contributed by atoms with van der Waals surface area (Å²) in [6, 6.07) is 44.0. The third-order valence-electron chi connectivity index (χ3n) is 6.10. The first-order valence-corrected chi connectivity index (χ1v) is 13.0. The number of hydrogen-bond donors (Lipinski definition) is 0. The molecule has 0 aliphatic carbocycles. The standard InChI is InChI=1S/C35H28N2O3/c38-35(31-19-11-4-12-20-31)34(30-17-9-3-10-18-30)37-36-24-29-21-22-32(39-25-27-13-5-1-6-14-27)33(23-29)40-26-28-15-7-2-8-16-28/h1-24H,25-26H2/b36-24+,37-34+. The van der Waals surface area contributed by atoms with Crippen molar-refractivity contribution >= 4 is 17.7 Å². The number of hydrogen-bond acceptors (Lipinski definition) is 5. The summed E-state index contributed by atoms with van der Waals surface area (Å²) in [6.45, 7) is 0.813. The summed E-state index contributed by atoms with van der Waals surface area (Å²) in [6.07, 6.45) is 1.61. The zero-order valence-electron chi connectivity index (χ0n) is 21.9. The van der Waals surface area contributed by atoms with E-state index in [2.05, 4.69) is 10.2 Å². The van der Waals surface area contributed by atoms with Crippen molar-refractivity contribution in [2.75, 3.05) is 0 Å². The number of rotatable bonds is 11. The molecule has 0 radical (unpaired) electrons. The third kappa shape index (κ3) is 7.17. The van der Waals surface area contributed by atoms with E-state index in [0.717, 1.165) is 16.7 Å². The number of ether oxygens (including phenoxy) is 2. The third-order valence-corrected chi connectivity index (χ3v) is 6.10. The first kappa shape index (κ1) is 26.3. The summed E-state index contributed by atoms with van der Waals surface area (Å²) in [7, 11) is 0. The van der Waals surface area contributed by atoms with E-state index in [4.69, 9.17) is 9.47 Å². The van der Waals surface area contributed by atoms with Gasteiger partial charge in [-0.15, -0.1) is 5.10 Å². The van der Waals surface area contributed by atoms with Gasteiger partial charge in [0.05, 0.1) is 6.21 Å². The topological polar surface area (TPSA) is 60.2 Å². The van der Waals surface area contributed by atoms with Crippen molar-refractivity contribution < 1.29 is 14.3 Å². The van der Waals surface area contributed by atoms with Gasteiger partial charge < -0.3 is 9.47 Å². The molecule has 0 aliphatic rings. The van der Waals surface area contributed by atoms with E-state index in [1.54, 1.807) is 18.3 Å². The highest BCUT2D eigenvalue weighted by Crippen LogP contribution is 2.30. The number of benzene rings is 5. The molecule has 0 atom stereocenters. The molecule has 0 saturated heterocycles. The average molecular weight is 525 g/mol. The molecule has 0 bridgehead atoms. The van der Waals surface area contributed by atoms with Crippen LogP contribution in [0.3, 0.4) is 0 Å². The fraction of sp³-hybridized carbons (Fsp3) is 0.0571. The van der Waals surface area contributed by atoms with Crippen LogP contribution in [0.15, 0.2) is 150 Å². The summed E-state index contributed by atoms with van der Waals surface area (Å²) in [5.41, 5.74) is 4.40. The smallest absolute Gasteiger partial charge is 0.213 e. The first-order chi connectivity index (χ1) is 19.8. The van der Waals surface area contributed by atoms with Crippen LogP contribution in [-0.2, 0) is 13.2 Å². The molecule has 5 heteroatoms. The molecule has 0 saturated carbocycles. The Morgan fingerprint density at radius 2 is 1.07 bits per heavy atom. The predicted molar refractivity (Wildman–Crippen MR) is 159 cm³/mol. The number of Topliss-reactive ketones (excluding diaryl/α,β-unsaturated/α-hetero) is 1. The monoisotopic (exact) mass is 524 g/mol. The lowest BCUT2D eigenvalue weighted by molar-refractivity contribution is 0.106. The molecule has 5 aromatic carbocycles. The molecule has 196 valence electrons. The van der Waals surface area contributed by atoms with Gasteiger partial charge in [-0.1, -0.05) is 121 Å². The minimum atomic E-state index is -0.194. The molecule has 5 aromatic rings. The zero-order valence-corrected chi connectivity index (χ0v) is 21.9. The fourth-order valence-electron chi connectivity index (χ4n) is 4.02. The van der Waals surface area contributed by atoms with Crippen molar-refractivity contribution in [3.05, 3.63) is 167 Å². The molecule has 0 aliphatic heterocycles. The van der Waals surface area contributed by atoms with Crippen LogP contribution in [-0.4, -0.2) is 17.7 Å². The van der Waals surface area contributed by atoms with Gasteiger partial charge in [0, 0.05) is 11.1 Å². The van der Waals surface area contributed by atoms with E-state index in [-0.39, 0.29) is 11.5 Å². The van der Waals surface area contributed by atoms with Gasteiger partial charge in [0.2, 0.25) is 5.78 Å². The molecular formula is C35H28N2O3. The van der Waals surface area contributed by atoms with Gasteiger partial charge in [0.15, 0.2) is 11.5 Å². The van der Waals surface area contributed by atoms with E-state index in [9.17, 15) is 4.79 Å². The minimum absolute atomic E-state index is 0.194. The van der Waals surface area contributed by atoms with Crippen LogP contribution in [0.2, 0.25) is 0 Å². The molecule has 0 aromatic heterocycles. The van der Waals surface area contributed by atoms with E-state index < -0.39 is 0 Å². The van der Waals surface area contributed by atoms with Crippen LogP contribution < -0.4 is 9.47 Å². The maximum Gasteiger partial charge on any atom is 0.213 e. The normalized spacial score (nSPS) is 11.3. The number of carbonyl (C=O) groups excluding carboxylic acids is 1. The lowest BCUT2D eigenvalue weighted by Gasteiger charge is -2.14. The molecule has 0 fully saturated rings. The number of ketones is 1. The Morgan fingerprint density at radius 3 is 1.65 bits per heavy atom. The Morgan fingerprint density at radius 1 is 0.575 bits per heavy atom. The SMILES string of the molecule is O=C(/C(=N/N=C/c1ccc(OCc2ccccc2)c(OCc2ccccc2)c1)c1ccccc1)c1ccccc1. The highest BCUT2D eigenvalue weighted by Gasteiger charge is 2.16. The van der Waals surface area contributed by atoms with Gasteiger partial charge in [-0.25, -0.2) is 0 Å². The van der Waals surface area contributed by atoms with Crippen molar-refractivity contribution in [3.8, 4) is 11.5 Å². The van der Waals surface area contributed by atoms with Crippen LogP contribution in [0.5, 0.6) is 11.5 Å². The fourth-order valence-corrected chi connectivity index (χ4v) is 4.02. The molecule has 5 rings (SSSR count). The first-order valence-electron chi connectivity index (χ1n) is 13.0. The van der Waals surface area contributed by atoms with Crippen LogP contribution in [0, 0.1) is 0 Å². The predicted octanol–water partition coefficient (Wildman–Crippen LogP) is 7.55. The molecule has 0 unspecified atom stereocenters. The van der Waals surface area contributed by atoms with Gasteiger partial charge in [0.25, 0.3) is 0 Å². The van der Waals surface area contributed by atoms with E-state index in [1.807, 2.05) is 127 Å². The average Bonchev–Trinajstić information content (AvgIpc) is 3.03. The Bertz CT molecular complexity index is 1580. The largest absolute Gasteiger partial charge is 0.485 e. The summed E-state index contributed by atoms with van der Waals surface area (Å²) in [5.74, 6) is 1.03. The van der Waals surface area contributed by atoms with E-state index in [0.29, 0.717) is 35.8 Å². The second-order valence-electron chi connectivity index (χ2n) is 9.01. The lowest BCUT2D eigenvalue weighted by Crippen LogP contribution is -2.15. The molecule has 0 spiro atoms. The van der Waals surface area contributed by atoms with Crippen molar-refractivity contribution in [2.24, 2.45) is 10.2 Å². The van der Waals surface area contributed by atoms with E-state index >= 15 is 0 Å². The van der Waals surface area contributed by atoms with Gasteiger partial charge in [-0.2, -0.15) is 5.10 Å². The maximum absolute atomic E-state index is 13.3. The van der Waals surface area contributed by atoms with Gasteiger partial charge in [0.1, 0.15) is 18.9 Å². The Labute approximate surface area is 234 Å². The summed E-state index contributed by atoms with van der Waals surface area (Å²) in [4.78, 5) is 13.3. The van der Waals surface area contributed by atoms with Crippen molar-refractivity contribution in [1.29, 1.82) is 0 Å². The molecule has 0 amide bonds. The second-order valence-corrected chi connectivity index (χ2v) is 9.01. The van der Waals surface area contributed by atoms with Gasteiger partial charge >= 0.3 is 0 Å². The highest BCUT2D eigenvalue weighted by molar-refractivity contribution is 6.51. The summed E-state index contributed by atoms with van der Waals surface area (Å²) < 4.78 is 12.3. The van der Waals surface area contributed by atoms with Gasteiger partial charge in [-0.05, 0) is 34.9 Å². The molecule has 0 N–H and O–H groups in total. The van der Waals surface area contributed by atoms with Crippen LogP contribution in [0.25, 0.3) is 0 Å². The van der Waals surface area contributed by atoms with Crippen LogP contribution >= 0.6 is 0 Å². The molecule has 40 heavy (non-hydrogen) atoms. The van der Waals surface area contributed by atoms with Crippen molar-refractivity contribution in [2.45, 2.75) is 13.2 Å². The summed E-state index contributed by atoms with van der Waals surface area (Å²) in [5, 5.41) is 8.65. The molecular weight excluding hydrogens is 496 g/mol. The maximum atomic E-state index is 13.3. The van der Waals surface area contributed by atoms with Crippen molar-refractivity contribution in [3.63, 3.8) is 0 Å². The minimum Gasteiger partial charge on any atom is -0.485 e. The Kier molecular flexibility index (Phi) is 8.88. The zero-order chi connectivity index (χ0) is 27.4. The molecule has 5 nitrogen and oxygen atoms in total. The van der Waals surface area contributed by atoms with E-state index in [1.165, 1.54) is 0 Å². The summed E-state index contributed by atoms with van der Waals surface area (Å²) >= 11 is 0. The Hall–Kier alpha value is -5.29. The quantitative estimate of drug-likeness (QED) is 0.102.